The summed E-state index contributed by atoms with van der Waals surface area (Å²) in [6.07, 6.45) is 3.93. The third-order valence-electron chi connectivity index (χ3n) is 3.95. The number of thiophene rings is 1. The average Bonchev–Trinajstić information content (AvgIpc) is 2.96. The third kappa shape index (κ3) is 3.80. The monoisotopic (exact) mass is 356 g/mol. The summed E-state index contributed by atoms with van der Waals surface area (Å²) in [5, 5.41) is 21.9. The smallest absolute Gasteiger partial charge is 0.338 e. The quantitative estimate of drug-likeness (QED) is 0.821. The predicted molar refractivity (Wildman–Crippen MR) is 92.7 cm³/mol. The molecule has 1 aliphatic rings. The number of hydrogen-bond acceptors (Lipinski definition) is 6. The first kappa shape index (κ1) is 17.0. The number of carbonyl (C=O) groups excluding carboxylic acids is 2. The number of esters is 1. The lowest BCUT2D eigenvalue weighted by molar-refractivity contribution is -0.119. The van der Waals surface area contributed by atoms with Crippen LogP contribution >= 0.6 is 11.3 Å². The summed E-state index contributed by atoms with van der Waals surface area (Å²) < 4.78 is 4.95. The standard InChI is InChI=1S/C18H16N2O4S/c19-9-14-13-6-1-2-7-15(13)25-17(14)20-16(22)10-24-18(23)11-4-3-5-12(21)8-11/h3-5,8,21H,1-2,6-7,10H2,(H,20,22). The van der Waals surface area contributed by atoms with Crippen molar-refractivity contribution >= 4 is 28.2 Å². The highest BCUT2D eigenvalue weighted by Gasteiger charge is 2.22. The first-order chi connectivity index (χ1) is 12.1. The average molecular weight is 356 g/mol. The van der Waals surface area contributed by atoms with E-state index in [4.69, 9.17) is 4.74 Å². The molecule has 128 valence electrons. The van der Waals surface area contributed by atoms with Crippen LogP contribution in [-0.2, 0) is 22.4 Å². The number of anilines is 1. The second-order valence-corrected chi connectivity index (χ2v) is 6.81. The Morgan fingerprint density at radius 3 is 2.88 bits per heavy atom. The summed E-state index contributed by atoms with van der Waals surface area (Å²) >= 11 is 1.42. The first-order valence-corrected chi connectivity index (χ1v) is 8.71. The van der Waals surface area contributed by atoms with Crippen molar-refractivity contribution < 1.29 is 19.4 Å². The van der Waals surface area contributed by atoms with Crippen LogP contribution in [0.5, 0.6) is 5.75 Å². The predicted octanol–water partition coefficient (Wildman–Crippen LogP) is 3.00. The van der Waals surface area contributed by atoms with Crippen LogP contribution in [0.15, 0.2) is 24.3 Å². The van der Waals surface area contributed by atoms with E-state index in [1.807, 2.05) is 0 Å². The number of rotatable bonds is 4. The van der Waals surface area contributed by atoms with Crippen LogP contribution in [0.4, 0.5) is 5.00 Å². The number of phenolic OH excluding ortho intramolecular Hbond substituents is 1. The molecule has 6 nitrogen and oxygen atoms in total. The molecule has 25 heavy (non-hydrogen) atoms. The summed E-state index contributed by atoms with van der Waals surface area (Å²) in [6.45, 7) is -0.456. The van der Waals surface area contributed by atoms with Crippen molar-refractivity contribution in [2.45, 2.75) is 25.7 Å². The summed E-state index contributed by atoms with van der Waals surface area (Å²) in [6, 6.07) is 7.87. The van der Waals surface area contributed by atoms with E-state index >= 15 is 0 Å². The van der Waals surface area contributed by atoms with E-state index in [-0.39, 0.29) is 11.3 Å². The number of aryl methyl sites for hydroxylation is 1. The Morgan fingerprint density at radius 1 is 1.32 bits per heavy atom. The normalized spacial score (nSPS) is 12.8. The van der Waals surface area contributed by atoms with E-state index in [2.05, 4.69) is 11.4 Å². The van der Waals surface area contributed by atoms with Crippen LogP contribution < -0.4 is 5.32 Å². The number of nitriles is 1. The zero-order valence-electron chi connectivity index (χ0n) is 13.4. The zero-order valence-corrected chi connectivity index (χ0v) is 14.2. The largest absolute Gasteiger partial charge is 0.508 e. The van der Waals surface area contributed by atoms with Gasteiger partial charge in [-0.3, -0.25) is 4.79 Å². The van der Waals surface area contributed by atoms with Crippen molar-refractivity contribution in [2.75, 3.05) is 11.9 Å². The molecule has 0 saturated heterocycles. The van der Waals surface area contributed by atoms with Gasteiger partial charge in [-0.15, -0.1) is 11.3 Å². The number of fused-ring (bicyclic) bond motifs is 1. The minimum absolute atomic E-state index is 0.0540. The summed E-state index contributed by atoms with van der Waals surface area (Å²) in [5.74, 6) is -1.25. The molecular formula is C18H16N2O4S. The molecule has 0 radical (unpaired) electrons. The van der Waals surface area contributed by atoms with Gasteiger partial charge in [-0.25, -0.2) is 4.79 Å². The third-order valence-corrected chi connectivity index (χ3v) is 5.16. The topological polar surface area (TPSA) is 99.4 Å². The van der Waals surface area contributed by atoms with Gasteiger partial charge in [-0.1, -0.05) is 6.07 Å². The van der Waals surface area contributed by atoms with Crippen molar-refractivity contribution in [3.63, 3.8) is 0 Å². The minimum Gasteiger partial charge on any atom is -0.508 e. The van der Waals surface area contributed by atoms with E-state index in [0.29, 0.717) is 10.6 Å². The molecule has 0 aliphatic heterocycles. The maximum absolute atomic E-state index is 12.1. The van der Waals surface area contributed by atoms with Crippen molar-refractivity contribution in [3.8, 4) is 11.8 Å². The number of aromatic hydroxyl groups is 1. The molecule has 0 atom stereocenters. The molecule has 0 unspecified atom stereocenters. The highest BCUT2D eigenvalue weighted by atomic mass is 32.1. The van der Waals surface area contributed by atoms with Gasteiger partial charge in [0.2, 0.25) is 0 Å². The van der Waals surface area contributed by atoms with Gasteiger partial charge in [-0.05, 0) is 49.4 Å². The van der Waals surface area contributed by atoms with Crippen LogP contribution in [-0.4, -0.2) is 23.6 Å². The second kappa shape index (κ2) is 7.36. The molecule has 1 heterocycles. The van der Waals surface area contributed by atoms with Crippen molar-refractivity contribution in [1.29, 1.82) is 5.26 Å². The zero-order chi connectivity index (χ0) is 17.8. The van der Waals surface area contributed by atoms with Crippen LogP contribution in [0.2, 0.25) is 0 Å². The van der Waals surface area contributed by atoms with E-state index in [1.54, 1.807) is 0 Å². The minimum atomic E-state index is -0.697. The van der Waals surface area contributed by atoms with Crippen LogP contribution in [0, 0.1) is 11.3 Å². The SMILES string of the molecule is N#Cc1c(NC(=O)COC(=O)c2cccc(O)c2)sc2c1CCCC2. The van der Waals surface area contributed by atoms with E-state index < -0.39 is 18.5 Å². The van der Waals surface area contributed by atoms with Gasteiger partial charge in [-0.2, -0.15) is 5.26 Å². The van der Waals surface area contributed by atoms with Crippen molar-refractivity contribution in [2.24, 2.45) is 0 Å². The molecule has 0 spiro atoms. The molecule has 7 heteroatoms. The molecule has 1 amide bonds. The highest BCUT2D eigenvalue weighted by Crippen LogP contribution is 2.37. The number of phenols is 1. The fourth-order valence-electron chi connectivity index (χ4n) is 2.78. The number of amides is 1. The lowest BCUT2D eigenvalue weighted by Crippen LogP contribution is -2.20. The Kier molecular flexibility index (Phi) is 5.00. The Hall–Kier alpha value is -2.85. The molecular weight excluding hydrogens is 340 g/mol. The van der Waals surface area contributed by atoms with E-state index in [0.717, 1.165) is 36.1 Å². The maximum Gasteiger partial charge on any atom is 0.338 e. The molecule has 0 bridgehead atoms. The lowest BCUT2D eigenvalue weighted by Gasteiger charge is -2.09. The molecule has 1 aromatic heterocycles. The van der Waals surface area contributed by atoms with Crippen molar-refractivity contribution in [3.05, 3.63) is 45.8 Å². The van der Waals surface area contributed by atoms with Gasteiger partial charge in [0.15, 0.2) is 6.61 Å². The highest BCUT2D eigenvalue weighted by molar-refractivity contribution is 7.16. The number of ether oxygens (including phenoxy) is 1. The van der Waals surface area contributed by atoms with E-state index in [9.17, 15) is 20.0 Å². The van der Waals surface area contributed by atoms with Crippen LogP contribution in [0.1, 0.15) is 39.2 Å². The Labute approximate surface area is 148 Å². The van der Waals surface area contributed by atoms with E-state index in [1.165, 1.54) is 35.6 Å². The summed E-state index contributed by atoms with van der Waals surface area (Å²) in [5.41, 5.74) is 1.72. The fraction of sp³-hybridized carbons (Fsp3) is 0.278. The van der Waals surface area contributed by atoms with Crippen LogP contribution in [0.3, 0.4) is 0 Å². The van der Waals surface area contributed by atoms with Gasteiger partial charge in [0.05, 0.1) is 11.1 Å². The number of carbonyl (C=O) groups is 2. The molecule has 0 fully saturated rings. The lowest BCUT2D eigenvalue weighted by atomic mass is 9.96. The van der Waals surface area contributed by atoms with Gasteiger partial charge < -0.3 is 15.2 Å². The molecule has 0 saturated carbocycles. The maximum atomic E-state index is 12.1. The van der Waals surface area contributed by atoms with Gasteiger partial charge in [0, 0.05) is 4.88 Å². The number of nitrogens with one attached hydrogen (secondary N) is 1. The van der Waals surface area contributed by atoms with Gasteiger partial charge in [0.25, 0.3) is 5.91 Å². The molecule has 1 aliphatic carbocycles. The molecule has 3 rings (SSSR count). The first-order valence-electron chi connectivity index (χ1n) is 7.89. The Balaban J connectivity index is 1.63. The molecule has 2 aromatic rings. The summed E-state index contributed by atoms with van der Waals surface area (Å²) in [7, 11) is 0. The van der Waals surface area contributed by atoms with Crippen molar-refractivity contribution in [1.82, 2.24) is 0 Å². The van der Waals surface area contributed by atoms with Crippen LogP contribution in [0.25, 0.3) is 0 Å². The molecule has 1 aromatic carbocycles. The Bertz CT molecular complexity index is 866. The number of hydrogen-bond donors (Lipinski definition) is 2. The number of benzene rings is 1. The Morgan fingerprint density at radius 2 is 2.12 bits per heavy atom. The fourth-order valence-corrected chi connectivity index (χ4v) is 4.04. The second-order valence-electron chi connectivity index (χ2n) is 5.70. The number of nitrogens with zero attached hydrogens (tertiary/aromatic N) is 1. The molecule has 2 N–H and O–H groups in total. The van der Waals surface area contributed by atoms with Gasteiger partial charge in [0.1, 0.15) is 16.8 Å². The summed E-state index contributed by atoms with van der Waals surface area (Å²) in [4.78, 5) is 25.1. The van der Waals surface area contributed by atoms with Gasteiger partial charge >= 0.3 is 5.97 Å².